The normalized spacial score (nSPS) is 23.1. The van der Waals surface area contributed by atoms with Gasteiger partial charge >= 0.3 is 12.1 Å². The maximum atomic E-state index is 12.2. The molecule has 0 N–H and O–H groups in total. The molecule has 0 aliphatic carbocycles. The molecule has 3 nitrogen and oxygen atoms in total. The van der Waals surface area contributed by atoms with Gasteiger partial charge in [-0.25, -0.2) is 0 Å². The molecule has 94 valence electrons. The van der Waals surface area contributed by atoms with Gasteiger partial charge in [-0.15, -0.1) is 0 Å². The van der Waals surface area contributed by atoms with Crippen LogP contribution in [0.3, 0.4) is 0 Å². The van der Waals surface area contributed by atoms with Crippen molar-refractivity contribution in [3.05, 3.63) is 0 Å². The van der Waals surface area contributed by atoms with E-state index in [4.69, 9.17) is 4.74 Å². The van der Waals surface area contributed by atoms with Crippen LogP contribution in [0, 0.1) is 5.92 Å². The van der Waals surface area contributed by atoms with Crippen molar-refractivity contribution in [1.29, 1.82) is 0 Å². The van der Waals surface area contributed by atoms with Crippen molar-refractivity contribution in [2.75, 3.05) is 26.2 Å². The van der Waals surface area contributed by atoms with Crippen LogP contribution >= 0.6 is 0 Å². The first-order valence-electron chi connectivity index (χ1n) is 5.38. The van der Waals surface area contributed by atoms with E-state index in [1.807, 2.05) is 0 Å². The monoisotopic (exact) mass is 239 g/mol. The van der Waals surface area contributed by atoms with E-state index in [0.717, 1.165) is 0 Å². The lowest BCUT2D eigenvalue weighted by molar-refractivity contribution is -0.160. The van der Waals surface area contributed by atoms with Crippen molar-refractivity contribution in [3.8, 4) is 0 Å². The lowest BCUT2D eigenvalue weighted by atomic mass is 9.98. The van der Waals surface area contributed by atoms with Gasteiger partial charge in [0.05, 0.1) is 19.1 Å². The highest BCUT2D eigenvalue weighted by atomic mass is 19.4. The molecule has 0 aromatic rings. The van der Waals surface area contributed by atoms with Gasteiger partial charge in [-0.1, -0.05) is 0 Å². The molecule has 0 bridgehead atoms. The van der Waals surface area contributed by atoms with Gasteiger partial charge in [0.25, 0.3) is 0 Å². The zero-order valence-corrected chi connectivity index (χ0v) is 9.22. The fraction of sp³-hybridized carbons (Fsp3) is 0.900. The maximum absolute atomic E-state index is 12.2. The molecule has 0 aromatic heterocycles. The summed E-state index contributed by atoms with van der Waals surface area (Å²) in [5.41, 5.74) is 0. The van der Waals surface area contributed by atoms with Crippen LogP contribution in [0.15, 0.2) is 0 Å². The second-order valence-corrected chi connectivity index (χ2v) is 3.94. The van der Waals surface area contributed by atoms with Crippen molar-refractivity contribution in [3.63, 3.8) is 0 Å². The zero-order chi connectivity index (χ0) is 12.2. The number of hydrogen-bond donors (Lipinski definition) is 0. The van der Waals surface area contributed by atoms with E-state index in [1.165, 1.54) is 4.90 Å². The van der Waals surface area contributed by atoms with Gasteiger partial charge in [-0.05, 0) is 26.3 Å². The van der Waals surface area contributed by atoms with Crippen LogP contribution < -0.4 is 0 Å². The van der Waals surface area contributed by atoms with Crippen LogP contribution in [0.25, 0.3) is 0 Å². The number of esters is 1. The average molecular weight is 239 g/mol. The molecule has 1 heterocycles. The van der Waals surface area contributed by atoms with Gasteiger partial charge in [-0.3, -0.25) is 9.69 Å². The highest BCUT2D eigenvalue weighted by Crippen LogP contribution is 2.22. The SMILES string of the molecule is CCOC(=O)C1CCCN(CC(F)(F)F)C1. The Labute approximate surface area is 92.5 Å². The van der Waals surface area contributed by atoms with Crippen LogP contribution in [0.4, 0.5) is 13.2 Å². The Balaban J connectivity index is 2.44. The third kappa shape index (κ3) is 4.38. The molecular formula is C10H16F3NO2. The number of rotatable bonds is 3. The highest BCUT2D eigenvalue weighted by Gasteiger charge is 2.34. The minimum atomic E-state index is -4.20. The molecule has 1 unspecified atom stereocenters. The molecule has 16 heavy (non-hydrogen) atoms. The van der Waals surface area contributed by atoms with E-state index >= 15 is 0 Å². The van der Waals surface area contributed by atoms with Crippen LogP contribution in [0.5, 0.6) is 0 Å². The number of carbonyl (C=O) groups is 1. The quantitative estimate of drug-likeness (QED) is 0.704. The number of carbonyl (C=O) groups excluding carboxylic acids is 1. The first kappa shape index (κ1) is 13.3. The summed E-state index contributed by atoms with van der Waals surface area (Å²) in [6.45, 7) is 1.57. The molecule has 0 spiro atoms. The van der Waals surface area contributed by atoms with Crippen molar-refractivity contribution < 1.29 is 22.7 Å². The van der Waals surface area contributed by atoms with Crippen molar-refractivity contribution in [2.45, 2.75) is 25.9 Å². The number of alkyl halides is 3. The number of halogens is 3. The fourth-order valence-electron chi connectivity index (χ4n) is 1.91. The van der Waals surface area contributed by atoms with E-state index in [1.54, 1.807) is 6.92 Å². The van der Waals surface area contributed by atoms with Crippen molar-refractivity contribution in [1.82, 2.24) is 4.90 Å². The summed E-state index contributed by atoms with van der Waals surface area (Å²) in [4.78, 5) is 12.6. The van der Waals surface area contributed by atoms with Gasteiger partial charge in [0.2, 0.25) is 0 Å². The molecular weight excluding hydrogens is 223 g/mol. The fourth-order valence-corrected chi connectivity index (χ4v) is 1.91. The van der Waals surface area contributed by atoms with E-state index in [2.05, 4.69) is 0 Å². The molecule has 6 heteroatoms. The Morgan fingerprint density at radius 2 is 2.19 bits per heavy atom. The van der Waals surface area contributed by atoms with E-state index < -0.39 is 18.6 Å². The lowest BCUT2D eigenvalue weighted by Gasteiger charge is -2.31. The van der Waals surface area contributed by atoms with Crippen molar-refractivity contribution in [2.24, 2.45) is 5.92 Å². The molecule has 0 amide bonds. The first-order chi connectivity index (χ1) is 7.42. The summed E-state index contributed by atoms with van der Waals surface area (Å²) >= 11 is 0. The van der Waals surface area contributed by atoms with E-state index in [0.29, 0.717) is 19.4 Å². The second kappa shape index (κ2) is 5.52. The maximum Gasteiger partial charge on any atom is 0.401 e. The summed E-state index contributed by atoms with van der Waals surface area (Å²) in [5, 5.41) is 0. The summed E-state index contributed by atoms with van der Waals surface area (Å²) in [5.74, 6) is -0.787. The van der Waals surface area contributed by atoms with Gasteiger partial charge < -0.3 is 4.74 Å². The Hall–Kier alpha value is -0.780. The predicted molar refractivity (Wildman–Crippen MR) is 51.9 cm³/mol. The number of hydrogen-bond acceptors (Lipinski definition) is 3. The summed E-state index contributed by atoms with van der Waals surface area (Å²) in [6.07, 6.45) is -2.97. The topological polar surface area (TPSA) is 29.5 Å². The third-order valence-corrected chi connectivity index (χ3v) is 2.53. The van der Waals surface area contributed by atoms with Gasteiger partial charge in [0, 0.05) is 6.54 Å². The highest BCUT2D eigenvalue weighted by molar-refractivity contribution is 5.72. The first-order valence-corrected chi connectivity index (χ1v) is 5.38. The second-order valence-electron chi connectivity index (χ2n) is 3.94. The summed E-state index contributed by atoms with van der Waals surface area (Å²) < 4.78 is 41.3. The van der Waals surface area contributed by atoms with E-state index in [-0.39, 0.29) is 19.1 Å². The standard InChI is InChI=1S/C10H16F3NO2/c1-2-16-9(15)8-4-3-5-14(6-8)7-10(11,12)13/h8H,2-7H2,1H3. The molecule has 1 rings (SSSR count). The number of piperidine rings is 1. The summed E-state index contributed by atoms with van der Waals surface area (Å²) in [7, 11) is 0. The Bertz CT molecular complexity index is 243. The lowest BCUT2D eigenvalue weighted by Crippen LogP contribution is -2.43. The van der Waals surface area contributed by atoms with Gasteiger partial charge in [0.15, 0.2) is 0 Å². The minimum absolute atomic E-state index is 0.151. The van der Waals surface area contributed by atoms with Crippen molar-refractivity contribution >= 4 is 5.97 Å². The molecule has 1 fully saturated rings. The van der Waals surface area contributed by atoms with Crippen LogP contribution in [-0.2, 0) is 9.53 Å². The molecule has 1 aliphatic heterocycles. The molecule has 0 radical (unpaired) electrons. The number of likely N-dealkylation sites (tertiary alicyclic amines) is 1. The third-order valence-electron chi connectivity index (χ3n) is 2.53. The Morgan fingerprint density at radius 3 is 2.75 bits per heavy atom. The summed E-state index contributed by atoms with van der Waals surface area (Å²) in [6, 6.07) is 0. The molecule has 1 aliphatic rings. The molecule has 0 saturated carbocycles. The number of ether oxygens (including phenoxy) is 1. The Morgan fingerprint density at radius 1 is 1.50 bits per heavy atom. The largest absolute Gasteiger partial charge is 0.466 e. The van der Waals surface area contributed by atoms with Crippen LogP contribution in [0.2, 0.25) is 0 Å². The zero-order valence-electron chi connectivity index (χ0n) is 9.22. The average Bonchev–Trinajstić information content (AvgIpc) is 2.16. The molecule has 0 aromatic carbocycles. The molecule has 1 atom stereocenters. The minimum Gasteiger partial charge on any atom is -0.466 e. The molecule has 1 saturated heterocycles. The van der Waals surface area contributed by atoms with Crippen LogP contribution in [-0.4, -0.2) is 43.3 Å². The number of nitrogens with zero attached hydrogens (tertiary/aromatic N) is 1. The van der Waals surface area contributed by atoms with Gasteiger partial charge in [-0.2, -0.15) is 13.2 Å². The van der Waals surface area contributed by atoms with Gasteiger partial charge in [0.1, 0.15) is 0 Å². The van der Waals surface area contributed by atoms with E-state index in [9.17, 15) is 18.0 Å². The smallest absolute Gasteiger partial charge is 0.401 e. The predicted octanol–water partition coefficient (Wildman–Crippen LogP) is 1.82. The Kier molecular flexibility index (Phi) is 4.58. The van der Waals surface area contributed by atoms with Crippen LogP contribution in [0.1, 0.15) is 19.8 Å².